The smallest absolute Gasteiger partial charge is 0.244 e. The maximum Gasteiger partial charge on any atom is 0.244 e. The highest BCUT2D eigenvalue weighted by Crippen LogP contribution is 2.12. The van der Waals surface area contributed by atoms with Crippen LogP contribution in [0.2, 0.25) is 0 Å². The third kappa shape index (κ3) is 6.25. The Hall–Kier alpha value is -2.90. The van der Waals surface area contributed by atoms with E-state index in [9.17, 15) is 9.90 Å². The van der Waals surface area contributed by atoms with Gasteiger partial charge in [-0.3, -0.25) is 15.5 Å². The zero-order valence-corrected chi connectivity index (χ0v) is 14.1. The van der Waals surface area contributed by atoms with Crippen molar-refractivity contribution in [3.8, 4) is 11.5 Å². The van der Waals surface area contributed by atoms with Gasteiger partial charge in [-0.2, -0.15) is 0 Å². The Morgan fingerprint density at radius 1 is 1.12 bits per heavy atom. The Kier molecular flexibility index (Phi) is 6.94. The van der Waals surface area contributed by atoms with Crippen LogP contribution in [0, 0.1) is 0 Å². The lowest BCUT2D eigenvalue weighted by Gasteiger charge is -2.08. The Morgan fingerprint density at radius 2 is 1.80 bits per heavy atom. The van der Waals surface area contributed by atoms with Crippen LogP contribution in [0.1, 0.15) is 11.1 Å². The number of amides is 1. The van der Waals surface area contributed by atoms with E-state index in [1.54, 1.807) is 54.6 Å². The van der Waals surface area contributed by atoms with Crippen LogP contribution in [0.25, 0.3) is 6.08 Å². The van der Waals surface area contributed by atoms with Gasteiger partial charge in [0.25, 0.3) is 0 Å². The highest BCUT2D eigenvalue weighted by Gasteiger charge is 2.00. The molecule has 0 unspecified atom stereocenters. The van der Waals surface area contributed by atoms with Gasteiger partial charge in [0, 0.05) is 11.6 Å². The van der Waals surface area contributed by atoms with Gasteiger partial charge < -0.3 is 15.2 Å². The van der Waals surface area contributed by atoms with Crippen molar-refractivity contribution in [1.82, 2.24) is 10.8 Å². The third-order valence-electron chi connectivity index (χ3n) is 3.21. The average molecular weight is 358 g/mol. The number of hydroxylamine groups is 1. The first-order valence-corrected chi connectivity index (χ1v) is 7.91. The molecule has 0 radical (unpaired) electrons. The lowest BCUT2D eigenvalue weighted by molar-refractivity contribution is -0.116. The van der Waals surface area contributed by atoms with E-state index in [1.807, 2.05) is 5.48 Å². The van der Waals surface area contributed by atoms with Crippen LogP contribution in [-0.4, -0.2) is 34.4 Å². The van der Waals surface area contributed by atoms with Crippen molar-refractivity contribution in [1.29, 1.82) is 0 Å². The summed E-state index contributed by atoms with van der Waals surface area (Å²) in [5, 5.41) is 20.6. The summed E-state index contributed by atoms with van der Waals surface area (Å²) in [6, 6.07) is 13.4. The molecule has 25 heavy (non-hydrogen) atoms. The van der Waals surface area contributed by atoms with Crippen LogP contribution in [0.3, 0.4) is 0 Å². The Labute approximate surface area is 150 Å². The van der Waals surface area contributed by atoms with Gasteiger partial charge in [-0.05, 0) is 48.0 Å². The molecule has 0 aromatic heterocycles. The molecule has 0 aliphatic rings. The molecule has 130 valence electrons. The molecule has 0 saturated carbocycles. The second kappa shape index (κ2) is 9.41. The van der Waals surface area contributed by atoms with Crippen molar-refractivity contribution >= 4 is 29.2 Å². The number of hydrogen-bond donors (Lipinski definition) is 4. The lowest BCUT2D eigenvalue weighted by atomic mass is 10.2. The first-order valence-electron chi connectivity index (χ1n) is 7.51. The molecule has 0 aliphatic heterocycles. The van der Waals surface area contributed by atoms with E-state index >= 15 is 0 Å². The van der Waals surface area contributed by atoms with Crippen molar-refractivity contribution in [3.05, 3.63) is 65.7 Å². The van der Waals surface area contributed by atoms with Crippen molar-refractivity contribution in [2.24, 2.45) is 0 Å². The maximum atomic E-state index is 11.7. The van der Waals surface area contributed by atoms with Gasteiger partial charge in [-0.15, -0.1) is 0 Å². The molecule has 0 fully saturated rings. The number of rotatable bonds is 7. The van der Waals surface area contributed by atoms with Crippen LogP contribution in [0.5, 0.6) is 11.5 Å². The molecule has 2 aromatic carbocycles. The van der Waals surface area contributed by atoms with Crippen LogP contribution in [-0.2, 0) is 4.79 Å². The number of phenolic OH excluding ortho intramolecular Hbond substituents is 1. The number of hydrogen-bond acceptors (Lipinski definition) is 5. The summed E-state index contributed by atoms with van der Waals surface area (Å²) in [6.07, 6.45) is 3.08. The number of aromatic hydroxyl groups is 1. The summed E-state index contributed by atoms with van der Waals surface area (Å²) < 4.78 is 5.51. The number of thiocarbonyl (C=S) groups is 1. The summed E-state index contributed by atoms with van der Waals surface area (Å²) in [5.74, 6) is 0.589. The molecule has 0 saturated heterocycles. The molecular formula is C18H18N2O4S. The normalized spacial score (nSPS) is 10.4. The number of carbonyl (C=O) groups is 1. The van der Waals surface area contributed by atoms with Crippen LogP contribution in [0.15, 0.2) is 54.6 Å². The van der Waals surface area contributed by atoms with E-state index in [2.05, 4.69) is 5.32 Å². The van der Waals surface area contributed by atoms with Gasteiger partial charge in [0.2, 0.25) is 5.91 Å². The van der Waals surface area contributed by atoms with Crippen LogP contribution in [0.4, 0.5) is 0 Å². The summed E-state index contributed by atoms with van der Waals surface area (Å²) >= 11 is 4.90. The van der Waals surface area contributed by atoms with Crippen molar-refractivity contribution in [2.45, 2.75) is 0 Å². The highest BCUT2D eigenvalue weighted by molar-refractivity contribution is 7.80. The fourth-order valence-corrected chi connectivity index (χ4v) is 2.06. The summed E-state index contributed by atoms with van der Waals surface area (Å²) in [4.78, 5) is 11.9. The molecule has 0 atom stereocenters. The Balaban J connectivity index is 1.70. The fourth-order valence-electron chi connectivity index (χ4n) is 1.93. The summed E-state index contributed by atoms with van der Waals surface area (Å²) in [5.41, 5.74) is 3.41. The van der Waals surface area contributed by atoms with E-state index in [4.69, 9.17) is 22.2 Å². The number of phenols is 1. The van der Waals surface area contributed by atoms with E-state index in [1.165, 1.54) is 6.08 Å². The van der Waals surface area contributed by atoms with Gasteiger partial charge in [0.15, 0.2) is 0 Å². The van der Waals surface area contributed by atoms with E-state index in [-0.39, 0.29) is 16.6 Å². The predicted molar refractivity (Wildman–Crippen MR) is 98.7 cm³/mol. The van der Waals surface area contributed by atoms with Gasteiger partial charge >= 0.3 is 0 Å². The largest absolute Gasteiger partial charge is 0.508 e. The Morgan fingerprint density at radius 3 is 2.44 bits per heavy atom. The monoisotopic (exact) mass is 358 g/mol. The molecule has 2 rings (SSSR count). The zero-order chi connectivity index (χ0) is 18.1. The molecule has 7 heteroatoms. The van der Waals surface area contributed by atoms with Gasteiger partial charge in [0.05, 0.1) is 6.54 Å². The van der Waals surface area contributed by atoms with E-state index < -0.39 is 0 Å². The zero-order valence-electron chi connectivity index (χ0n) is 13.3. The fraction of sp³-hybridized carbons (Fsp3) is 0.111. The lowest BCUT2D eigenvalue weighted by Crippen LogP contribution is -2.26. The van der Waals surface area contributed by atoms with Crippen LogP contribution >= 0.6 is 12.2 Å². The summed E-state index contributed by atoms with van der Waals surface area (Å²) in [7, 11) is 0. The molecule has 0 bridgehead atoms. The maximum absolute atomic E-state index is 11.7. The molecule has 4 N–H and O–H groups in total. The van der Waals surface area contributed by atoms with Gasteiger partial charge in [0.1, 0.15) is 23.1 Å². The second-order valence-corrected chi connectivity index (χ2v) is 5.44. The molecule has 0 aliphatic carbocycles. The second-order valence-electron chi connectivity index (χ2n) is 5.03. The average Bonchev–Trinajstić information content (AvgIpc) is 2.64. The summed E-state index contributed by atoms with van der Waals surface area (Å²) in [6.45, 7) is 0.679. The SMILES string of the molecule is O=C(C=Cc1ccc(O)cc1)NCCOc1ccc(C(=S)NO)cc1. The minimum Gasteiger partial charge on any atom is -0.508 e. The molecule has 0 heterocycles. The van der Waals surface area contributed by atoms with E-state index in [0.717, 1.165) is 5.56 Å². The minimum absolute atomic E-state index is 0.182. The van der Waals surface area contributed by atoms with Crippen molar-refractivity contribution in [3.63, 3.8) is 0 Å². The van der Waals surface area contributed by atoms with Gasteiger partial charge in [-0.25, -0.2) is 0 Å². The van der Waals surface area contributed by atoms with Crippen molar-refractivity contribution < 1.29 is 19.8 Å². The first kappa shape index (κ1) is 18.4. The molecule has 1 amide bonds. The highest BCUT2D eigenvalue weighted by atomic mass is 32.1. The number of carbonyl (C=O) groups excluding carboxylic acids is 1. The molecule has 0 spiro atoms. The minimum atomic E-state index is -0.230. The number of benzene rings is 2. The molecular weight excluding hydrogens is 340 g/mol. The molecule has 2 aromatic rings. The number of nitrogens with one attached hydrogen (secondary N) is 2. The van der Waals surface area contributed by atoms with Crippen molar-refractivity contribution in [2.75, 3.05) is 13.2 Å². The van der Waals surface area contributed by atoms with E-state index in [0.29, 0.717) is 24.5 Å². The number of ether oxygens (including phenoxy) is 1. The first-order chi connectivity index (χ1) is 12.1. The Bertz CT molecular complexity index is 743. The van der Waals surface area contributed by atoms with Gasteiger partial charge in [-0.1, -0.05) is 24.4 Å². The topological polar surface area (TPSA) is 90.8 Å². The third-order valence-corrected chi connectivity index (χ3v) is 3.54. The predicted octanol–water partition coefficient (Wildman–Crippen LogP) is 2.25. The molecule has 6 nitrogen and oxygen atoms in total. The van der Waals surface area contributed by atoms with Crippen LogP contribution < -0.4 is 15.5 Å². The quantitative estimate of drug-likeness (QED) is 0.263. The standard InChI is InChI=1S/C18H18N2O4S/c21-15-6-1-13(2-7-15)3-10-17(22)19-11-12-24-16-8-4-14(5-9-16)18(25)20-23/h1-10,21,23H,11-12H2,(H,19,22)(H,20,25).